The summed E-state index contributed by atoms with van der Waals surface area (Å²) in [5.74, 6) is 0. The van der Waals surface area contributed by atoms with Crippen molar-refractivity contribution in [3.63, 3.8) is 0 Å². The number of rotatable bonds is 4. The summed E-state index contributed by atoms with van der Waals surface area (Å²) in [7, 11) is 0. The molecule has 0 radical (unpaired) electrons. The molecule has 56 valence electrons. The van der Waals surface area contributed by atoms with Gasteiger partial charge in [0.25, 0.3) is 0 Å². The number of nitrogens with one attached hydrogen (secondary N) is 1. The highest BCUT2D eigenvalue weighted by Crippen LogP contribution is 1.86. The lowest BCUT2D eigenvalue weighted by atomic mass is 10.4. The second-order valence-electron chi connectivity index (χ2n) is 1.58. The maximum Gasteiger partial charge on any atom is 0.0850 e. The van der Waals surface area contributed by atoms with Crippen LogP contribution >= 0.6 is 0 Å². The van der Waals surface area contributed by atoms with E-state index in [-0.39, 0.29) is 6.61 Å². The summed E-state index contributed by atoms with van der Waals surface area (Å²) in [6.07, 6.45) is 6.49. The standard InChI is InChI=1S/C7H11NO2/c1-2-3-4-5-7(6-9)8-10/h2-5,8-10H,1,6H2/b4-3-,7-5-. The van der Waals surface area contributed by atoms with Crippen LogP contribution in [0.15, 0.2) is 36.6 Å². The van der Waals surface area contributed by atoms with Crippen LogP contribution < -0.4 is 5.48 Å². The van der Waals surface area contributed by atoms with E-state index in [1.807, 2.05) is 5.48 Å². The Morgan fingerprint density at radius 3 is 2.60 bits per heavy atom. The molecule has 0 aliphatic carbocycles. The fraction of sp³-hybridized carbons (Fsp3) is 0.143. The predicted molar refractivity (Wildman–Crippen MR) is 39.4 cm³/mol. The van der Waals surface area contributed by atoms with Crippen LogP contribution in [0.1, 0.15) is 0 Å². The van der Waals surface area contributed by atoms with Gasteiger partial charge in [-0.25, -0.2) is 0 Å². The third-order valence-corrected chi connectivity index (χ3v) is 0.859. The van der Waals surface area contributed by atoms with E-state index in [4.69, 9.17) is 10.3 Å². The molecule has 0 fully saturated rings. The van der Waals surface area contributed by atoms with Crippen molar-refractivity contribution in [1.29, 1.82) is 0 Å². The molecule has 0 aliphatic heterocycles. The number of aliphatic hydroxyl groups is 1. The first-order valence-corrected chi connectivity index (χ1v) is 2.84. The van der Waals surface area contributed by atoms with E-state index < -0.39 is 0 Å². The Hall–Kier alpha value is -1.06. The summed E-state index contributed by atoms with van der Waals surface area (Å²) in [6.45, 7) is 3.24. The minimum Gasteiger partial charge on any atom is -0.390 e. The molecule has 3 N–H and O–H groups in total. The number of aliphatic hydroxyl groups excluding tert-OH is 1. The van der Waals surface area contributed by atoms with Gasteiger partial charge in [0.2, 0.25) is 0 Å². The van der Waals surface area contributed by atoms with Crippen LogP contribution in [-0.2, 0) is 0 Å². The van der Waals surface area contributed by atoms with Gasteiger partial charge in [0.1, 0.15) is 0 Å². The zero-order chi connectivity index (χ0) is 7.82. The molecule has 10 heavy (non-hydrogen) atoms. The summed E-state index contributed by atoms with van der Waals surface area (Å²) in [5.41, 5.74) is 2.18. The Balaban J connectivity index is 3.85. The van der Waals surface area contributed by atoms with Gasteiger partial charge < -0.3 is 5.11 Å². The molecule has 0 aromatic heterocycles. The van der Waals surface area contributed by atoms with Crippen molar-refractivity contribution in [2.24, 2.45) is 0 Å². The fourth-order valence-corrected chi connectivity index (χ4v) is 0.376. The molecule has 0 aromatic rings. The van der Waals surface area contributed by atoms with Crippen LogP contribution in [0, 0.1) is 0 Å². The second-order valence-corrected chi connectivity index (χ2v) is 1.58. The molecule has 0 rings (SSSR count). The Morgan fingerprint density at radius 1 is 1.50 bits per heavy atom. The normalized spacial score (nSPS) is 12.0. The highest BCUT2D eigenvalue weighted by molar-refractivity contribution is 5.13. The van der Waals surface area contributed by atoms with Gasteiger partial charge >= 0.3 is 0 Å². The van der Waals surface area contributed by atoms with E-state index in [0.717, 1.165) is 0 Å². The predicted octanol–water partition coefficient (Wildman–Crippen LogP) is 0.584. The average Bonchev–Trinajstić information content (AvgIpc) is 1.99. The first-order chi connectivity index (χ1) is 4.85. The minimum atomic E-state index is -0.210. The molecule has 0 spiro atoms. The maximum absolute atomic E-state index is 8.47. The molecule has 0 saturated heterocycles. The van der Waals surface area contributed by atoms with Gasteiger partial charge in [0.05, 0.1) is 12.3 Å². The lowest BCUT2D eigenvalue weighted by Gasteiger charge is -1.96. The molecule has 0 amide bonds. The highest BCUT2D eigenvalue weighted by atomic mass is 16.5. The summed E-state index contributed by atoms with van der Waals surface area (Å²) in [6, 6.07) is 0. The van der Waals surface area contributed by atoms with Crippen LogP contribution in [0.3, 0.4) is 0 Å². The van der Waals surface area contributed by atoms with Crippen molar-refractivity contribution in [3.05, 3.63) is 36.6 Å². The number of hydrogen-bond donors (Lipinski definition) is 3. The van der Waals surface area contributed by atoms with Crippen LogP contribution in [-0.4, -0.2) is 16.9 Å². The first-order valence-electron chi connectivity index (χ1n) is 2.84. The maximum atomic E-state index is 8.47. The highest BCUT2D eigenvalue weighted by Gasteiger charge is 1.85. The largest absolute Gasteiger partial charge is 0.390 e. The van der Waals surface area contributed by atoms with Gasteiger partial charge in [-0.15, -0.1) is 0 Å². The van der Waals surface area contributed by atoms with Crippen LogP contribution in [0.4, 0.5) is 0 Å². The van der Waals surface area contributed by atoms with Gasteiger partial charge in [-0.05, 0) is 6.08 Å². The molecule has 0 unspecified atom stereocenters. The lowest BCUT2D eigenvalue weighted by Crippen LogP contribution is -2.09. The average molecular weight is 141 g/mol. The third kappa shape index (κ3) is 3.88. The smallest absolute Gasteiger partial charge is 0.0850 e. The summed E-state index contributed by atoms with van der Waals surface area (Å²) in [5, 5.41) is 16.8. The van der Waals surface area contributed by atoms with Gasteiger partial charge in [-0.3, -0.25) is 10.7 Å². The van der Waals surface area contributed by atoms with Gasteiger partial charge in [0.15, 0.2) is 0 Å². The van der Waals surface area contributed by atoms with E-state index in [0.29, 0.717) is 5.70 Å². The van der Waals surface area contributed by atoms with Gasteiger partial charge in [-0.1, -0.05) is 24.8 Å². The van der Waals surface area contributed by atoms with E-state index in [9.17, 15) is 0 Å². The van der Waals surface area contributed by atoms with Crippen LogP contribution in [0.25, 0.3) is 0 Å². The van der Waals surface area contributed by atoms with Crippen molar-refractivity contribution < 1.29 is 10.3 Å². The van der Waals surface area contributed by atoms with Gasteiger partial charge in [-0.2, -0.15) is 0 Å². The monoisotopic (exact) mass is 141 g/mol. The Labute approximate surface area is 60.0 Å². The summed E-state index contributed by atoms with van der Waals surface area (Å²) in [4.78, 5) is 0. The molecule has 3 heteroatoms. The summed E-state index contributed by atoms with van der Waals surface area (Å²) >= 11 is 0. The van der Waals surface area contributed by atoms with Crippen LogP contribution in [0.2, 0.25) is 0 Å². The topological polar surface area (TPSA) is 52.5 Å². The zero-order valence-electron chi connectivity index (χ0n) is 5.62. The van der Waals surface area contributed by atoms with Crippen LogP contribution in [0.5, 0.6) is 0 Å². The first kappa shape index (κ1) is 8.94. The van der Waals surface area contributed by atoms with Gasteiger partial charge in [0, 0.05) is 0 Å². The quantitative estimate of drug-likeness (QED) is 0.396. The molecule has 0 bridgehead atoms. The van der Waals surface area contributed by atoms with E-state index >= 15 is 0 Å². The molecule has 0 saturated carbocycles. The molecule has 0 aliphatic rings. The molecule has 0 aromatic carbocycles. The van der Waals surface area contributed by atoms with Crippen molar-refractivity contribution >= 4 is 0 Å². The molecular weight excluding hydrogens is 130 g/mol. The van der Waals surface area contributed by atoms with Crippen molar-refractivity contribution in [2.75, 3.05) is 6.61 Å². The molecule has 0 heterocycles. The number of hydroxylamine groups is 1. The SMILES string of the molecule is C=C/C=C\C=C(\CO)NO. The van der Waals surface area contributed by atoms with E-state index in [1.165, 1.54) is 0 Å². The lowest BCUT2D eigenvalue weighted by molar-refractivity contribution is 0.176. The fourth-order valence-electron chi connectivity index (χ4n) is 0.376. The Kier molecular flexibility index (Phi) is 5.42. The molecule has 0 atom stereocenters. The van der Waals surface area contributed by atoms with Crippen molar-refractivity contribution in [1.82, 2.24) is 5.48 Å². The third-order valence-electron chi connectivity index (χ3n) is 0.859. The molecule has 3 nitrogen and oxygen atoms in total. The number of hydrogen-bond acceptors (Lipinski definition) is 3. The van der Waals surface area contributed by atoms with Crippen molar-refractivity contribution in [2.45, 2.75) is 0 Å². The minimum absolute atomic E-state index is 0.210. The van der Waals surface area contributed by atoms with E-state index in [1.54, 1.807) is 24.3 Å². The van der Waals surface area contributed by atoms with E-state index in [2.05, 4.69) is 6.58 Å². The molecular formula is C7H11NO2. The Morgan fingerprint density at radius 2 is 2.20 bits per heavy atom. The second kappa shape index (κ2) is 6.07. The number of allylic oxidation sites excluding steroid dienone is 4. The zero-order valence-corrected chi connectivity index (χ0v) is 5.62. The van der Waals surface area contributed by atoms with Crippen molar-refractivity contribution in [3.8, 4) is 0 Å². The Bertz CT molecular complexity index is 144. The summed E-state index contributed by atoms with van der Waals surface area (Å²) < 4.78 is 0.